The molecule has 4 nitrogen and oxygen atoms in total. The van der Waals surface area contributed by atoms with E-state index < -0.39 is 0 Å². The van der Waals surface area contributed by atoms with E-state index in [4.69, 9.17) is 9.47 Å². The number of hydrogen-bond acceptors (Lipinski definition) is 4. The van der Waals surface area contributed by atoms with Crippen LogP contribution in [0, 0.1) is 5.41 Å². The topological polar surface area (TPSA) is 38.8 Å². The fraction of sp³-hybridized carbons (Fsp3) is 0.609. The molecule has 0 atom stereocenters. The minimum atomic E-state index is -0.0919. The van der Waals surface area contributed by atoms with Crippen molar-refractivity contribution in [2.45, 2.75) is 64.5 Å². The van der Waals surface area contributed by atoms with Gasteiger partial charge in [0.25, 0.3) is 0 Å². The zero-order valence-corrected chi connectivity index (χ0v) is 16.8. The molecule has 1 aromatic carbocycles. The van der Waals surface area contributed by atoms with Crippen LogP contribution in [0.5, 0.6) is 5.75 Å². The Hall–Kier alpha value is -1.81. The highest BCUT2D eigenvalue weighted by Crippen LogP contribution is 2.41. The molecule has 0 bridgehead atoms. The third-order valence-electron chi connectivity index (χ3n) is 6.03. The van der Waals surface area contributed by atoms with Gasteiger partial charge >= 0.3 is 5.97 Å². The molecule has 0 unspecified atom stereocenters. The maximum absolute atomic E-state index is 12.2. The molecule has 27 heavy (non-hydrogen) atoms. The van der Waals surface area contributed by atoms with E-state index >= 15 is 0 Å². The van der Waals surface area contributed by atoms with E-state index in [9.17, 15) is 4.79 Å². The maximum atomic E-state index is 12.2. The number of hydrogen-bond donors (Lipinski definition) is 0. The molecule has 2 fully saturated rings. The van der Waals surface area contributed by atoms with Crippen molar-refractivity contribution in [2.24, 2.45) is 5.41 Å². The molecule has 1 aromatic rings. The van der Waals surface area contributed by atoms with Gasteiger partial charge in [-0.1, -0.05) is 31.2 Å². The van der Waals surface area contributed by atoms with E-state index in [-0.39, 0.29) is 17.5 Å². The molecule has 0 radical (unpaired) electrons. The second-order valence-electron chi connectivity index (χ2n) is 8.35. The van der Waals surface area contributed by atoms with E-state index in [0.29, 0.717) is 6.42 Å². The van der Waals surface area contributed by atoms with E-state index in [1.807, 2.05) is 12.1 Å². The summed E-state index contributed by atoms with van der Waals surface area (Å²) in [6.45, 7) is 9.47. The van der Waals surface area contributed by atoms with Gasteiger partial charge in [0.15, 0.2) is 0 Å². The van der Waals surface area contributed by atoms with E-state index in [1.165, 1.54) is 18.4 Å². The molecule has 1 heterocycles. The number of carbonyl (C=O) groups is 1. The zero-order valence-electron chi connectivity index (χ0n) is 16.8. The summed E-state index contributed by atoms with van der Waals surface area (Å²) in [5.74, 6) is 0.814. The number of nitrogens with zero attached hydrogens (tertiary/aromatic N) is 1. The molecule has 1 saturated carbocycles. The van der Waals surface area contributed by atoms with Crippen molar-refractivity contribution in [3.05, 3.63) is 42.0 Å². The van der Waals surface area contributed by atoms with Crippen LogP contribution in [0.15, 0.2) is 36.4 Å². The van der Waals surface area contributed by atoms with Gasteiger partial charge < -0.3 is 9.47 Å². The normalized spacial score (nSPS) is 19.5. The number of likely N-dealkylation sites (tertiary alicyclic amines) is 1. The summed E-state index contributed by atoms with van der Waals surface area (Å²) in [7, 11) is 1.70. The summed E-state index contributed by atoms with van der Waals surface area (Å²) in [6.07, 6.45) is 6.95. The molecule has 0 amide bonds. The van der Waals surface area contributed by atoms with Gasteiger partial charge in [0.05, 0.1) is 13.5 Å². The van der Waals surface area contributed by atoms with Crippen LogP contribution in [0.1, 0.15) is 57.4 Å². The Morgan fingerprint density at radius 1 is 1.30 bits per heavy atom. The molecule has 1 aliphatic carbocycles. The highest BCUT2D eigenvalue weighted by atomic mass is 16.5. The van der Waals surface area contributed by atoms with Crippen molar-refractivity contribution in [1.82, 2.24) is 4.90 Å². The third kappa shape index (κ3) is 5.35. The summed E-state index contributed by atoms with van der Waals surface area (Å²) in [6, 6.07) is 8.26. The monoisotopic (exact) mass is 371 g/mol. The van der Waals surface area contributed by atoms with E-state index in [2.05, 4.69) is 30.5 Å². The standard InChI is InChI=1S/C23H33NO3/c1-4-23(14-18(2)12-22(25)27-20-9-5-6-10-20)16-24(17-23)15-19-8-7-11-21(13-19)26-3/h7-8,11,13,20H,2,4-6,9-10,12,14-17H2,1,3H3. The first kappa shape index (κ1) is 19.9. The maximum Gasteiger partial charge on any atom is 0.310 e. The second kappa shape index (κ2) is 8.92. The molecule has 4 heteroatoms. The Morgan fingerprint density at radius 2 is 2.04 bits per heavy atom. The van der Waals surface area contributed by atoms with Crippen LogP contribution in [-0.2, 0) is 16.1 Å². The lowest BCUT2D eigenvalue weighted by Gasteiger charge is -2.50. The van der Waals surface area contributed by atoms with Crippen LogP contribution in [0.2, 0.25) is 0 Å². The van der Waals surface area contributed by atoms with Crippen molar-refractivity contribution in [1.29, 1.82) is 0 Å². The van der Waals surface area contributed by atoms with Crippen molar-refractivity contribution < 1.29 is 14.3 Å². The zero-order chi connectivity index (χ0) is 19.3. The molecular weight excluding hydrogens is 338 g/mol. The molecular formula is C23H33NO3. The lowest BCUT2D eigenvalue weighted by atomic mass is 9.72. The highest BCUT2D eigenvalue weighted by Gasteiger charge is 2.41. The molecule has 1 aliphatic heterocycles. The van der Waals surface area contributed by atoms with E-state index in [1.54, 1.807) is 7.11 Å². The predicted octanol–water partition coefficient (Wildman–Crippen LogP) is 4.73. The lowest BCUT2D eigenvalue weighted by molar-refractivity contribution is -0.148. The predicted molar refractivity (Wildman–Crippen MR) is 108 cm³/mol. The van der Waals surface area contributed by atoms with Crippen LogP contribution in [0.3, 0.4) is 0 Å². The molecule has 3 rings (SSSR count). The third-order valence-corrected chi connectivity index (χ3v) is 6.03. The first-order valence-electron chi connectivity index (χ1n) is 10.2. The van der Waals surface area contributed by atoms with Crippen molar-refractivity contribution in [3.63, 3.8) is 0 Å². The minimum Gasteiger partial charge on any atom is -0.497 e. The van der Waals surface area contributed by atoms with E-state index in [0.717, 1.165) is 56.6 Å². The first-order chi connectivity index (χ1) is 13.0. The van der Waals surface area contributed by atoms with Gasteiger partial charge in [-0.2, -0.15) is 0 Å². The average Bonchev–Trinajstić information content (AvgIpc) is 3.12. The van der Waals surface area contributed by atoms with Gasteiger partial charge in [0.2, 0.25) is 0 Å². The number of ether oxygens (including phenoxy) is 2. The van der Waals surface area contributed by atoms with Crippen molar-refractivity contribution in [3.8, 4) is 5.75 Å². The number of rotatable bonds is 9. The largest absolute Gasteiger partial charge is 0.497 e. The Morgan fingerprint density at radius 3 is 2.70 bits per heavy atom. The highest BCUT2D eigenvalue weighted by molar-refractivity contribution is 5.72. The summed E-state index contributed by atoms with van der Waals surface area (Å²) < 4.78 is 10.9. The van der Waals surface area contributed by atoms with Crippen molar-refractivity contribution in [2.75, 3.05) is 20.2 Å². The van der Waals surface area contributed by atoms with Gasteiger partial charge in [-0.05, 0) is 61.6 Å². The van der Waals surface area contributed by atoms with Gasteiger partial charge in [-0.15, -0.1) is 0 Å². The number of benzene rings is 1. The summed E-state index contributed by atoms with van der Waals surface area (Å²) in [4.78, 5) is 14.6. The smallest absolute Gasteiger partial charge is 0.310 e. The molecule has 148 valence electrons. The van der Waals surface area contributed by atoms with Crippen LogP contribution in [0.25, 0.3) is 0 Å². The summed E-state index contributed by atoms with van der Waals surface area (Å²) >= 11 is 0. The Labute approximate surface area is 163 Å². The van der Waals surface area contributed by atoms with Gasteiger partial charge in [0.1, 0.15) is 11.9 Å². The minimum absolute atomic E-state index is 0.0919. The molecule has 0 N–H and O–H groups in total. The molecule has 0 spiro atoms. The second-order valence-corrected chi connectivity index (χ2v) is 8.35. The number of esters is 1. The fourth-order valence-corrected chi connectivity index (χ4v) is 4.53. The summed E-state index contributed by atoms with van der Waals surface area (Å²) in [5, 5.41) is 0. The molecule has 1 saturated heterocycles. The lowest BCUT2D eigenvalue weighted by Crippen LogP contribution is -2.55. The number of methoxy groups -OCH3 is 1. The van der Waals surface area contributed by atoms with Gasteiger partial charge in [0, 0.05) is 19.6 Å². The first-order valence-corrected chi connectivity index (χ1v) is 10.2. The fourth-order valence-electron chi connectivity index (χ4n) is 4.53. The summed E-state index contributed by atoms with van der Waals surface area (Å²) in [5.41, 5.74) is 2.54. The number of carbonyl (C=O) groups excluding carboxylic acids is 1. The Balaban J connectivity index is 1.44. The van der Waals surface area contributed by atoms with Crippen LogP contribution < -0.4 is 4.74 Å². The Bertz CT molecular complexity index is 657. The van der Waals surface area contributed by atoms with Crippen molar-refractivity contribution >= 4 is 5.97 Å². The Kier molecular flexibility index (Phi) is 6.59. The SMILES string of the molecule is C=C(CC(=O)OC1CCCC1)CC1(CC)CN(Cc2cccc(OC)c2)C1. The van der Waals surface area contributed by atoms with Gasteiger partial charge in [-0.3, -0.25) is 9.69 Å². The quantitative estimate of drug-likeness (QED) is 0.465. The molecule has 0 aromatic heterocycles. The van der Waals surface area contributed by atoms with Crippen LogP contribution in [-0.4, -0.2) is 37.2 Å². The van der Waals surface area contributed by atoms with Crippen LogP contribution in [0.4, 0.5) is 0 Å². The van der Waals surface area contributed by atoms with Gasteiger partial charge in [-0.25, -0.2) is 0 Å². The van der Waals surface area contributed by atoms with Crippen LogP contribution >= 0.6 is 0 Å². The average molecular weight is 372 g/mol. The molecule has 2 aliphatic rings.